The number of allylic oxidation sites excluding steroid dienone is 4. The number of rotatable bonds is 13. The second-order valence-corrected chi connectivity index (χ2v) is 14.2. The van der Waals surface area contributed by atoms with E-state index in [1.165, 1.54) is 16.5 Å². The van der Waals surface area contributed by atoms with E-state index in [0.29, 0.717) is 50.9 Å². The third kappa shape index (κ3) is 10.1. The molecule has 0 heterocycles. The Kier molecular flexibility index (Phi) is 12.5. The van der Waals surface area contributed by atoms with E-state index < -0.39 is 17.6 Å². The molecule has 0 aliphatic heterocycles. The van der Waals surface area contributed by atoms with Crippen LogP contribution in [-0.2, 0) is 27.2 Å². The van der Waals surface area contributed by atoms with Crippen LogP contribution in [0.25, 0.3) is 0 Å². The summed E-state index contributed by atoms with van der Waals surface area (Å²) in [6, 6.07) is 16.5. The fourth-order valence-electron chi connectivity index (χ4n) is 6.64. The maximum absolute atomic E-state index is 14.5. The van der Waals surface area contributed by atoms with Gasteiger partial charge in [-0.15, -0.1) is 0 Å². The molecule has 7 nitrogen and oxygen atoms in total. The van der Waals surface area contributed by atoms with Gasteiger partial charge in [-0.2, -0.15) is 0 Å². The normalized spacial score (nSPS) is 22.5. The number of amides is 2. The average Bonchev–Trinajstić information content (AvgIpc) is 3.05. The minimum atomic E-state index is -0.829. The van der Waals surface area contributed by atoms with E-state index in [4.69, 9.17) is 5.73 Å². The fourth-order valence-corrected chi connectivity index (χ4v) is 6.64. The molecular formula is C40H53N3O4. The summed E-state index contributed by atoms with van der Waals surface area (Å²) in [6.45, 7) is 5.99. The van der Waals surface area contributed by atoms with Crippen molar-refractivity contribution < 1.29 is 19.5 Å². The first kappa shape index (κ1) is 36.0. The van der Waals surface area contributed by atoms with Crippen LogP contribution in [0, 0.1) is 11.8 Å². The molecule has 252 valence electrons. The predicted molar refractivity (Wildman–Crippen MR) is 189 cm³/mol. The van der Waals surface area contributed by atoms with Gasteiger partial charge in [-0.1, -0.05) is 91.9 Å². The minimum absolute atomic E-state index is 0.0162. The van der Waals surface area contributed by atoms with E-state index in [-0.39, 0.29) is 35.5 Å². The van der Waals surface area contributed by atoms with Crippen LogP contribution in [0.4, 0.5) is 0 Å². The lowest BCUT2D eigenvalue weighted by atomic mass is 9.81. The van der Waals surface area contributed by atoms with E-state index in [2.05, 4.69) is 43.4 Å². The van der Waals surface area contributed by atoms with Gasteiger partial charge in [-0.25, -0.2) is 0 Å². The highest BCUT2D eigenvalue weighted by Gasteiger charge is 2.38. The van der Waals surface area contributed by atoms with Gasteiger partial charge in [0.15, 0.2) is 5.78 Å². The molecule has 0 radical (unpaired) electrons. The zero-order valence-electron chi connectivity index (χ0n) is 28.7. The molecule has 3 N–H and O–H groups in total. The van der Waals surface area contributed by atoms with E-state index in [1.807, 2.05) is 56.3 Å². The van der Waals surface area contributed by atoms with Crippen LogP contribution in [0.5, 0.6) is 0 Å². The first-order valence-corrected chi connectivity index (χ1v) is 17.0. The predicted octanol–water partition coefficient (Wildman–Crippen LogP) is 5.78. The third-order valence-electron chi connectivity index (χ3n) is 9.72. The highest BCUT2D eigenvalue weighted by molar-refractivity contribution is 5.96. The lowest BCUT2D eigenvalue weighted by Gasteiger charge is -2.36. The van der Waals surface area contributed by atoms with E-state index >= 15 is 0 Å². The van der Waals surface area contributed by atoms with E-state index in [1.54, 1.807) is 25.1 Å². The van der Waals surface area contributed by atoms with Gasteiger partial charge in [-0.05, 0) is 81.1 Å². The van der Waals surface area contributed by atoms with Crippen molar-refractivity contribution in [3.05, 3.63) is 108 Å². The maximum atomic E-state index is 14.5. The standard InChI is InChI=1S/C40H53N3O4/c1-28-12-9-10-15-34(28)31-19-17-30(18-20-31)27-36(42(4)37(45)16-11-25-40(2,3)41)39(47)43(5)35(26-29-13-7-6-8-14-29)38(46)32-21-23-33(44)24-22-32/h6-20,28,32-36,44H,21-27,41H2,1-5H3/b16-11+/t28?,32?,33?,34?,35-,36-/m1/s1. The van der Waals surface area contributed by atoms with Crippen molar-refractivity contribution >= 4 is 17.6 Å². The Hall–Kier alpha value is -3.81. The van der Waals surface area contributed by atoms with Gasteiger partial charge in [0.2, 0.25) is 11.8 Å². The summed E-state index contributed by atoms with van der Waals surface area (Å²) >= 11 is 0. The number of nitrogens with zero attached hydrogens (tertiary/aromatic N) is 2. The van der Waals surface area contributed by atoms with Crippen molar-refractivity contribution in [3.63, 3.8) is 0 Å². The van der Waals surface area contributed by atoms with Gasteiger partial charge >= 0.3 is 0 Å². The molecule has 0 saturated heterocycles. The van der Waals surface area contributed by atoms with Crippen LogP contribution in [0.2, 0.25) is 0 Å². The molecule has 2 aromatic rings. The Balaban J connectivity index is 1.62. The highest BCUT2D eigenvalue weighted by Crippen LogP contribution is 2.31. The second-order valence-electron chi connectivity index (χ2n) is 14.2. The van der Waals surface area contributed by atoms with Crippen molar-refractivity contribution in [2.45, 2.75) is 95.4 Å². The molecular weight excluding hydrogens is 586 g/mol. The number of nitrogens with two attached hydrogens (primary N) is 1. The maximum Gasteiger partial charge on any atom is 0.246 e. The lowest BCUT2D eigenvalue weighted by molar-refractivity contribution is -0.146. The number of ketones is 1. The van der Waals surface area contributed by atoms with Gasteiger partial charge in [0.1, 0.15) is 6.04 Å². The number of benzene rings is 2. The zero-order chi connectivity index (χ0) is 34.1. The average molecular weight is 640 g/mol. The van der Waals surface area contributed by atoms with Crippen LogP contribution in [0.15, 0.2) is 91.1 Å². The topological polar surface area (TPSA) is 104 Å². The van der Waals surface area contributed by atoms with Crippen LogP contribution in [0.1, 0.15) is 75.5 Å². The molecule has 2 aliphatic rings. The number of hydrogen-bond acceptors (Lipinski definition) is 5. The largest absolute Gasteiger partial charge is 0.393 e. The number of carbonyl (C=O) groups excluding carboxylic acids is 3. The monoisotopic (exact) mass is 639 g/mol. The van der Waals surface area contributed by atoms with E-state index in [0.717, 1.165) is 11.1 Å². The molecule has 47 heavy (non-hydrogen) atoms. The molecule has 0 spiro atoms. The van der Waals surface area contributed by atoms with Gasteiger partial charge in [0.05, 0.1) is 12.1 Å². The quantitative estimate of drug-likeness (QED) is 0.271. The second kappa shape index (κ2) is 16.3. The Bertz CT molecular complexity index is 1430. The summed E-state index contributed by atoms with van der Waals surface area (Å²) in [5.74, 6) is -0.114. The molecule has 7 heteroatoms. The minimum Gasteiger partial charge on any atom is -0.393 e. The number of likely N-dealkylation sites (N-methyl/N-ethyl adjacent to an activating group) is 2. The lowest BCUT2D eigenvalue weighted by Crippen LogP contribution is -2.55. The van der Waals surface area contributed by atoms with Crippen molar-refractivity contribution in [1.29, 1.82) is 0 Å². The van der Waals surface area contributed by atoms with Crippen molar-refractivity contribution in [2.75, 3.05) is 14.1 Å². The molecule has 1 saturated carbocycles. The fraction of sp³-hybridized carbons (Fsp3) is 0.475. The number of aliphatic hydroxyl groups excluding tert-OH is 1. The molecule has 2 aromatic carbocycles. The first-order chi connectivity index (χ1) is 22.3. The summed E-state index contributed by atoms with van der Waals surface area (Å²) in [4.78, 5) is 45.2. The number of carbonyl (C=O) groups is 3. The highest BCUT2D eigenvalue weighted by atomic mass is 16.3. The molecule has 2 aliphatic carbocycles. The molecule has 1 fully saturated rings. The summed E-state index contributed by atoms with van der Waals surface area (Å²) < 4.78 is 0. The van der Waals surface area contributed by atoms with Crippen LogP contribution >= 0.6 is 0 Å². The van der Waals surface area contributed by atoms with E-state index in [9.17, 15) is 19.5 Å². The molecule has 4 rings (SSSR count). The summed E-state index contributed by atoms with van der Waals surface area (Å²) in [6.07, 6.45) is 15.0. The number of hydrogen-bond donors (Lipinski definition) is 2. The Morgan fingerprint density at radius 1 is 0.872 bits per heavy atom. The van der Waals surface area contributed by atoms with Crippen LogP contribution in [0.3, 0.4) is 0 Å². The summed E-state index contributed by atoms with van der Waals surface area (Å²) in [5.41, 5.74) is 8.76. The summed E-state index contributed by atoms with van der Waals surface area (Å²) in [5, 5.41) is 10.1. The van der Waals surface area contributed by atoms with Gasteiger partial charge in [0, 0.05) is 37.9 Å². The zero-order valence-corrected chi connectivity index (χ0v) is 28.7. The van der Waals surface area contributed by atoms with Crippen molar-refractivity contribution in [2.24, 2.45) is 17.6 Å². The van der Waals surface area contributed by atoms with Gasteiger partial charge < -0.3 is 20.6 Å². The Morgan fingerprint density at radius 2 is 1.47 bits per heavy atom. The molecule has 0 bridgehead atoms. The number of Topliss-reactive ketones (excluding diaryl/α,β-unsaturated/α-hetero) is 1. The third-order valence-corrected chi connectivity index (χ3v) is 9.72. The summed E-state index contributed by atoms with van der Waals surface area (Å²) in [7, 11) is 3.35. The van der Waals surface area contributed by atoms with Crippen molar-refractivity contribution in [1.82, 2.24) is 9.80 Å². The van der Waals surface area contributed by atoms with Crippen molar-refractivity contribution in [3.8, 4) is 0 Å². The molecule has 2 unspecified atom stereocenters. The first-order valence-electron chi connectivity index (χ1n) is 17.0. The number of aliphatic hydroxyl groups is 1. The SMILES string of the molecule is CC1C=CC=CC1c1ccc(C[C@H](C(=O)N(C)[C@H](Cc2ccccc2)C(=O)C2CCC(O)CC2)N(C)C(=O)/C=C/CC(C)(C)N)cc1. The molecule has 4 atom stereocenters. The Labute approximate surface area is 281 Å². The molecule has 0 aromatic heterocycles. The van der Waals surface area contributed by atoms with Gasteiger partial charge in [-0.3, -0.25) is 14.4 Å². The van der Waals surface area contributed by atoms with Crippen LogP contribution in [-0.4, -0.2) is 70.3 Å². The van der Waals surface area contributed by atoms with Crippen LogP contribution < -0.4 is 5.73 Å². The Morgan fingerprint density at radius 3 is 2.09 bits per heavy atom. The molecule has 2 amide bonds. The van der Waals surface area contributed by atoms with Gasteiger partial charge in [0.25, 0.3) is 0 Å². The smallest absolute Gasteiger partial charge is 0.246 e.